The number of Topliss-reactive ketones (excluding diaryl/α,β-unsaturated/α-hetero) is 2. The zero-order chi connectivity index (χ0) is 25.0. The van der Waals surface area contributed by atoms with Crippen LogP contribution in [0.15, 0.2) is 51.0 Å². The molecule has 3 rings (SSSR count). The molecule has 0 radical (unpaired) electrons. The zero-order valence-electron chi connectivity index (χ0n) is 21.4. The highest BCUT2D eigenvalue weighted by Crippen LogP contribution is 2.37. The van der Waals surface area contributed by atoms with E-state index in [1.807, 2.05) is 24.8 Å². The van der Waals surface area contributed by atoms with Gasteiger partial charge in [-0.15, -0.1) is 0 Å². The molecule has 1 aromatic carbocycles. The summed E-state index contributed by atoms with van der Waals surface area (Å²) in [6.45, 7) is 14.1. The highest BCUT2D eigenvalue weighted by Gasteiger charge is 2.38. The lowest BCUT2D eigenvalue weighted by molar-refractivity contribution is -0.117. The second-order valence-electron chi connectivity index (χ2n) is 10.4. The lowest BCUT2D eigenvalue weighted by Crippen LogP contribution is -2.40. The highest BCUT2D eigenvalue weighted by atomic mass is 79.9. The molecule has 1 heterocycles. The van der Waals surface area contributed by atoms with E-state index in [1.165, 1.54) is 5.56 Å². The van der Waals surface area contributed by atoms with Gasteiger partial charge in [-0.25, -0.2) is 0 Å². The fraction of sp³-hybridized carbons (Fsp3) is 0.571. The Balaban J connectivity index is 1.73. The van der Waals surface area contributed by atoms with Gasteiger partial charge in [-0.3, -0.25) is 14.5 Å². The number of carbonyl (C=O) groups excluding carboxylic acids is 2. The first-order chi connectivity index (χ1) is 16.0. The van der Waals surface area contributed by atoms with Gasteiger partial charge in [0, 0.05) is 63.3 Å². The van der Waals surface area contributed by atoms with E-state index in [4.69, 9.17) is 4.74 Å². The Morgan fingerprint density at radius 1 is 1.09 bits per heavy atom. The molecule has 0 amide bonds. The van der Waals surface area contributed by atoms with E-state index < -0.39 is 5.41 Å². The average Bonchev–Trinajstić information content (AvgIpc) is 3.18. The first kappa shape index (κ1) is 27.4. The van der Waals surface area contributed by atoms with Crippen LogP contribution in [0.3, 0.4) is 0 Å². The van der Waals surface area contributed by atoms with E-state index in [0.717, 1.165) is 41.9 Å². The minimum absolute atomic E-state index is 0.0000578. The molecule has 0 N–H and O–H groups in total. The standard InChI is InChI=1S/C28H38BrNO3S/c1-18-10-11-24(33-18)16-34-13-12-30(15-22-8-7-9-23(29)14-22)17-28(5,6)25-21(4)26(31)19(2)20(3)27(25)32/h7-9,14,18,24H,10-13,15-17H2,1-6H3. The van der Waals surface area contributed by atoms with Crippen LogP contribution in [0.5, 0.6) is 0 Å². The normalized spacial score (nSPS) is 21.9. The van der Waals surface area contributed by atoms with Crippen molar-refractivity contribution in [3.05, 3.63) is 56.6 Å². The van der Waals surface area contributed by atoms with Crippen LogP contribution in [-0.2, 0) is 20.9 Å². The van der Waals surface area contributed by atoms with Crippen LogP contribution in [0.2, 0.25) is 0 Å². The van der Waals surface area contributed by atoms with E-state index in [-0.39, 0.29) is 11.6 Å². The summed E-state index contributed by atoms with van der Waals surface area (Å²) in [7, 11) is 0. The monoisotopic (exact) mass is 547 g/mol. The molecular weight excluding hydrogens is 510 g/mol. The van der Waals surface area contributed by atoms with Crippen molar-refractivity contribution in [2.24, 2.45) is 5.41 Å². The van der Waals surface area contributed by atoms with E-state index in [0.29, 0.717) is 41.0 Å². The quantitative estimate of drug-likeness (QED) is 0.251. The predicted octanol–water partition coefficient (Wildman–Crippen LogP) is 6.38. The molecule has 2 unspecified atom stereocenters. The van der Waals surface area contributed by atoms with Crippen LogP contribution >= 0.6 is 27.7 Å². The van der Waals surface area contributed by atoms with Crippen LogP contribution in [0.25, 0.3) is 0 Å². The third kappa shape index (κ3) is 6.71. The molecule has 1 aliphatic heterocycles. The summed E-state index contributed by atoms with van der Waals surface area (Å²) < 4.78 is 7.03. The van der Waals surface area contributed by atoms with E-state index in [1.54, 1.807) is 13.8 Å². The summed E-state index contributed by atoms with van der Waals surface area (Å²) >= 11 is 5.53. The Labute approximate surface area is 217 Å². The number of hydrogen-bond donors (Lipinski definition) is 0. The van der Waals surface area contributed by atoms with Crippen molar-refractivity contribution in [2.45, 2.75) is 73.1 Å². The third-order valence-corrected chi connectivity index (χ3v) is 8.52. The smallest absolute Gasteiger partial charge is 0.186 e. The van der Waals surface area contributed by atoms with E-state index in [2.05, 4.69) is 59.8 Å². The molecule has 1 aliphatic carbocycles. The Morgan fingerprint density at radius 3 is 2.44 bits per heavy atom. The number of rotatable bonds is 10. The number of nitrogens with zero attached hydrogens (tertiary/aromatic N) is 1. The van der Waals surface area contributed by atoms with Crippen molar-refractivity contribution in [1.29, 1.82) is 0 Å². The molecule has 4 nitrogen and oxygen atoms in total. The number of allylic oxidation sites excluding steroid dienone is 3. The van der Waals surface area contributed by atoms with Gasteiger partial charge in [0.1, 0.15) is 0 Å². The second-order valence-corrected chi connectivity index (χ2v) is 12.4. The summed E-state index contributed by atoms with van der Waals surface area (Å²) in [5, 5.41) is 0. The fourth-order valence-electron chi connectivity index (χ4n) is 5.07. The maximum Gasteiger partial charge on any atom is 0.186 e. The molecule has 2 atom stereocenters. The van der Waals surface area contributed by atoms with Crippen LogP contribution in [0.1, 0.15) is 59.9 Å². The Hall–Kier alpha value is -1.21. The van der Waals surface area contributed by atoms with Gasteiger partial charge in [0.05, 0.1) is 12.2 Å². The van der Waals surface area contributed by atoms with Gasteiger partial charge in [-0.05, 0) is 58.2 Å². The molecule has 1 fully saturated rings. The van der Waals surface area contributed by atoms with Crippen molar-refractivity contribution in [3.8, 4) is 0 Å². The number of hydrogen-bond acceptors (Lipinski definition) is 5. The molecule has 186 valence electrons. The summed E-state index contributed by atoms with van der Waals surface area (Å²) in [6, 6.07) is 8.38. The maximum atomic E-state index is 13.2. The van der Waals surface area contributed by atoms with Gasteiger partial charge < -0.3 is 4.74 Å². The SMILES string of the molecule is CC1=C(C)C(=O)C(C(C)(C)CN(CCSCC2CCC(C)O2)Cc2cccc(Br)c2)=C(C)C1=O. The molecule has 1 aromatic rings. The fourth-order valence-corrected chi connectivity index (χ4v) is 6.58. The molecule has 2 aliphatic rings. The van der Waals surface area contributed by atoms with Gasteiger partial charge in [-0.2, -0.15) is 11.8 Å². The molecule has 1 saturated heterocycles. The van der Waals surface area contributed by atoms with Crippen molar-refractivity contribution >= 4 is 39.3 Å². The molecular formula is C28H38BrNO3S. The topological polar surface area (TPSA) is 46.6 Å². The zero-order valence-corrected chi connectivity index (χ0v) is 23.8. The predicted molar refractivity (Wildman–Crippen MR) is 145 cm³/mol. The molecule has 34 heavy (non-hydrogen) atoms. The van der Waals surface area contributed by atoms with Gasteiger partial charge in [0.15, 0.2) is 11.6 Å². The van der Waals surface area contributed by atoms with Gasteiger partial charge in [0.25, 0.3) is 0 Å². The molecule has 6 heteroatoms. The second kappa shape index (κ2) is 11.7. The molecule has 0 spiro atoms. The Bertz CT molecular complexity index is 997. The largest absolute Gasteiger partial charge is 0.374 e. The average molecular weight is 549 g/mol. The van der Waals surface area contributed by atoms with Crippen molar-refractivity contribution in [1.82, 2.24) is 4.90 Å². The molecule has 0 saturated carbocycles. The van der Waals surface area contributed by atoms with Gasteiger partial charge >= 0.3 is 0 Å². The van der Waals surface area contributed by atoms with E-state index in [9.17, 15) is 9.59 Å². The molecule has 0 aromatic heterocycles. The number of thioether (sulfide) groups is 1. The number of ketones is 2. The number of carbonyl (C=O) groups is 2. The first-order valence-electron chi connectivity index (χ1n) is 12.2. The summed E-state index contributed by atoms with van der Waals surface area (Å²) in [5.74, 6) is 2.05. The van der Waals surface area contributed by atoms with Crippen molar-refractivity contribution in [2.75, 3.05) is 24.6 Å². The Kier molecular flexibility index (Phi) is 9.41. The minimum Gasteiger partial charge on any atom is -0.374 e. The minimum atomic E-state index is -0.445. The lowest BCUT2D eigenvalue weighted by Gasteiger charge is -2.36. The van der Waals surface area contributed by atoms with Crippen LogP contribution in [0.4, 0.5) is 0 Å². The van der Waals surface area contributed by atoms with Crippen LogP contribution in [-0.4, -0.2) is 53.3 Å². The maximum absolute atomic E-state index is 13.2. The number of halogens is 1. The number of benzene rings is 1. The number of ether oxygens (including phenoxy) is 1. The van der Waals surface area contributed by atoms with Gasteiger partial charge in [0.2, 0.25) is 0 Å². The summed E-state index contributed by atoms with van der Waals surface area (Å²) in [4.78, 5) is 28.5. The Morgan fingerprint density at radius 2 is 1.79 bits per heavy atom. The third-order valence-electron chi connectivity index (χ3n) is 6.95. The van der Waals surface area contributed by atoms with Crippen LogP contribution < -0.4 is 0 Å². The first-order valence-corrected chi connectivity index (χ1v) is 14.1. The van der Waals surface area contributed by atoms with Crippen molar-refractivity contribution < 1.29 is 14.3 Å². The summed E-state index contributed by atoms with van der Waals surface area (Å²) in [6.07, 6.45) is 3.06. The lowest BCUT2D eigenvalue weighted by atomic mass is 9.72. The summed E-state index contributed by atoms with van der Waals surface area (Å²) in [5.41, 5.74) is 3.21. The van der Waals surface area contributed by atoms with E-state index >= 15 is 0 Å². The van der Waals surface area contributed by atoms with Crippen LogP contribution in [0, 0.1) is 5.41 Å². The van der Waals surface area contributed by atoms with Crippen molar-refractivity contribution in [3.63, 3.8) is 0 Å². The molecule has 0 bridgehead atoms. The van der Waals surface area contributed by atoms with Gasteiger partial charge in [-0.1, -0.05) is 41.9 Å². The highest BCUT2D eigenvalue weighted by molar-refractivity contribution is 9.10.